The lowest BCUT2D eigenvalue weighted by molar-refractivity contribution is -0.113. The van der Waals surface area contributed by atoms with E-state index in [4.69, 9.17) is 0 Å². The van der Waals surface area contributed by atoms with Crippen molar-refractivity contribution in [2.45, 2.75) is 67.1 Å². The maximum atomic E-state index is 10.7. The smallest absolute Gasteiger partial charge is 0.192 e. The molecule has 1 rings (SSSR count). The first-order chi connectivity index (χ1) is 6.70. The second kappa shape index (κ2) is 15.5. The van der Waals surface area contributed by atoms with Crippen LogP contribution in [-0.4, -0.2) is 10.4 Å². The van der Waals surface area contributed by atoms with Gasteiger partial charge in [-0.15, -0.1) is 0 Å². The maximum absolute atomic E-state index is 10.7. The summed E-state index contributed by atoms with van der Waals surface area (Å²) in [5.74, 6) is 0.315. The van der Waals surface area contributed by atoms with E-state index >= 15 is 0 Å². The zero-order chi connectivity index (χ0) is 12.1. The van der Waals surface area contributed by atoms with Crippen LogP contribution in [0.15, 0.2) is 0 Å². The van der Waals surface area contributed by atoms with Gasteiger partial charge in [0, 0.05) is 11.2 Å². The van der Waals surface area contributed by atoms with Gasteiger partial charge in [0.1, 0.15) is 0 Å². The van der Waals surface area contributed by atoms with E-state index in [2.05, 4.69) is 6.92 Å². The lowest BCUT2D eigenvalue weighted by Gasteiger charge is -1.92. The SMILES string of the molecule is CC.CC.CC.CC1CC(C)C(=O)S1. The average Bonchev–Trinajstić information content (AvgIpc) is 2.53. The van der Waals surface area contributed by atoms with Gasteiger partial charge in [-0.25, -0.2) is 0 Å². The van der Waals surface area contributed by atoms with E-state index in [1.165, 1.54) is 11.8 Å². The lowest BCUT2D eigenvalue weighted by atomic mass is 10.1. The van der Waals surface area contributed by atoms with E-state index in [0.717, 1.165) is 6.42 Å². The fraction of sp³-hybridized carbons (Fsp3) is 0.917. The highest BCUT2D eigenvalue weighted by Crippen LogP contribution is 2.31. The van der Waals surface area contributed by atoms with Crippen LogP contribution in [0.2, 0.25) is 0 Å². The molecular formula is C12H28OS. The molecule has 1 aliphatic heterocycles. The molecule has 0 saturated carbocycles. The fourth-order valence-electron chi connectivity index (χ4n) is 0.957. The van der Waals surface area contributed by atoms with Crippen molar-refractivity contribution in [2.75, 3.05) is 0 Å². The summed E-state index contributed by atoms with van der Waals surface area (Å²) in [6.07, 6.45) is 1.07. The van der Waals surface area contributed by atoms with Crippen LogP contribution in [-0.2, 0) is 4.79 Å². The Labute approximate surface area is 95.0 Å². The Morgan fingerprint density at radius 1 is 1.00 bits per heavy atom. The van der Waals surface area contributed by atoms with Gasteiger partial charge in [0.2, 0.25) is 0 Å². The Morgan fingerprint density at radius 3 is 1.43 bits per heavy atom. The molecule has 0 amide bonds. The predicted octanol–water partition coefficient (Wildman–Crippen LogP) is 4.75. The third kappa shape index (κ3) is 10.1. The highest BCUT2D eigenvalue weighted by Gasteiger charge is 2.26. The third-order valence-corrected chi connectivity index (χ3v) is 2.63. The van der Waals surface area contributed by atoms with Crippen molar-refractivity contribution in [3.05, 3.63) is 0 Å². The molecule has 0 aliphatic carbocycles. The topological polar surface area (TPSA) is 17.1 Å². The zero-order valence-corrected chi connectivity index (χ0v) is 12.0. The van der Waals surface area contributed by atoms with Crippen LogP contribution in [0.3, 0.4) is 0 Å². The molecule has 2 unspecified atom stereocenters. The summed E-state index contributed by atoms with van der Waals surface area (Å²) < 4.78 is 0. The van der Waals surface area contributed by atoms with Crippen LogP contribution in [0.1, 0.15) is 61.8 Å². The number of thioether (sulfide) groups is 1. The summed E-state index contributed by atoms with van der Waals surface area (Å²) in [6.45, 7) is 16.1. The van der Waals surface area contributed by atoms with Crippen LogP contribution in [0, 0.1) is 5.92 Å². The van der Waals surface area contributed by atoms with Gasteiger partial charge >= 0.3 is 0 Å². The van der Waals surface area contributed by atoms with Crippen LogP contribution < -0.4 is 0 Å². The van der Waals surface area contributed by atoms with Crippen LogP contribution >= 0.6 is 11.8 Å². The van der Waals surface area contributed by atoms with Crippen molar-refractivity contribution in [3.63, 3.8) is 0 Å². The summed E-state index contributed by atoms with van der Waals surface area (Å²) in [7, 11) is 0. The number of hydrogen-bond acceptors (Lipinski definition) is 2. The predicted molar refractivity (Wildman–Crippen MR) is 69.9 cm³/mol. The Kier molecular flexibility index (Phi) is 21.7. The normalized spacial score (nSPS) is 23.3. The minimum Gasteiger partial charge on any atom is -0.287 e. The van der Waals surface area contributed by atoms with Gasteiger partial charge in [0.25, 0.3) is 0 Å². The average molecular weight is 220 g/mol. The second-order valence-corrected chi connectivity index (χ2v) is 3.83. The number of rotatable bonds is 0. The molecule has 1 saturated heterocycles. The van der Waals surface area contributed by atoms with E-state index in [1.54, 1.807) is 0 Å². The second-order valence-electron chi connectivity index (χ2n) is 2.38. The molecule has 0 radical (unpaired) electrons. The first-order valence-corrected chi connectivity index (χ1v) is 6.78. The molecule has 14 heavy (non-hydrogen) atoms. The highest BCUT2D eigenvalue weighted by atomic mass is 32.2. The van der Waals surface area contributed by atoms with Gasteiger partial charge < -0.3 is 0 Å². The molecule has 1 nitrogen and oxygen atoms in total. The molecule has 1 aliphatic rings. The molecule has 0 aromatic carbocycles. The summed E-state index contributed by atoms with van der Waals surface area (Å²) in [4.78, 5) is 10.7. The van der Waals surface area contributed by atoms with Gasteiger partial charge in [-0.1, -0.05) is 67.2 Å². The molecule has 0 bridgehead atoms. The van der Waals surface area contributed by atoms with Crippen LogP contribution in [0.5, 0.6) is 0 Å². The molecule has 0 aromatic heterocycles. The number of hydrogen-bond donors (Lipinski definition) is 0. The number of carbonyl (C=O) groups is 1. The first-order valence-electron chi connectivity index (χ1n) is 5.90. The molecule has 2 atom stereocenters. The molecule has 1 heterocycles. The van der Waals surface area contributed by atoms with Crippen molar-refractivity contribution >= 4 is 16.9 Å². The quantitative estimate of drug-likeness (QED) is 0.586. The van der Waals surface area contributed by atoms with Gasteiger partial charge in [0.15, 0.2) is 5.12 Å². The Morgan fingerprint density at radius 2 is 1.36 bits per heavy atom. The minimum atomic E-state index is 0.315. The largest absolute Gasteiger partial charge is 0.287 e. The molecule has 1 fully saturated rings. The van der Waals surface area contributed by atoms with Gasteiger partial charge in [-0.05, 0) is 6.42 Å². The Bertz CT molecular complexity index is 113. The van der Waals surface area contributed by atoms with Crippen molar-refractivity contribution in [3.8, 4) is 0 Å². The van der Waals surface area contributed by atoms with Crippen LogP contribution in [0.4, 0.5) is 0 Å². The van der Waals surface area contributed by atoms with Crippen molar-refractivity contribution < 1.29 is 4.79 Å². The molecule has 2 heteroatoms. The molecule has 0 N–H and O–H groups in total. The number of carbonyl (C=O) groups excluding carboxylic acids is 1. The van der Waals surface area contributed by atoms with E-state index < -0.39 is 0 Å². The first kappa shape index (κ1) is 19.6. The molecular weight excluding hydrogens is 192 g/mol. The van der Waals surface area contributed by atoms with E-state index in [1.807, 2.05) is 48.5 Å². The summed E-state index contributed by atoms with van der Waals surface area (Å²) in [6, 6.07) is 0. The van der Waals surface area contributed by atoms with Gasteiger partial charge in [-0.2, -0.15) is 0 Å². The summed E-state index contributed by atoms with van der Waals surface area (Å²) in [5, 5.41) is 0.940. The fourth-order valence-corrected chi connectivity index (χ4v) is 2.07. The lowest BCUT2D eigenvalue weighted by Crippen LogP contribution is -1.96. The summed E-state index contributed by atoms with van der Waals surface area (Å²) >= 11 is 1.49. The van der Waals surface area contributed by atoms with Gasteiger partial charge in [-0.3, -0.25) is 4.79 Å². The highest BCUT2D eigenvalue weighted by molar-refractivity contribution is 8.14. The summed E-state index contributed by atoms with van der Waals surface area (Å²) in [5.41, 5.74) is 0. The standard InChI is InChI=1S/C6H10OS.3C2H6/c1-4-3-5(2)8-6(4)7;3*1-2/h4-5H,3H2,1-2H3;3*1-2H3. The molecule has 0 aromatic rings. The Balaban J connectivity index is -0.000000174. The van der Waals surface area contributed by atoms with E-state index in [9.17, 15) is 4.79 Å². The van der Waals surface area contributed by atoms with E-state index in [-0.39, 0.29) is 0 Å². The third-order valence-electron chi connectivity index (χ3n) is 1.41. The monoisotopic (exact) mass is 220 g/mol. The maximum Gasteiger partial charge on any atom is 0.192 e. The van der Waals surface area contributed by atoms with Crippen molar-refractivity contribution in [1.82, 2.24) is 0 Å². The Hall–Kier alpha value is 0.0200. The molecule has 88 valence electrons. The van der Waals surface area contributed by atoms with Crippen molar-refractivity contribution in [2.24, 2.45) is 5.92 Å². The zero-order valence-electron chi connectivity index (χ0n) is 11.2. The molecule has 0 spiro atoms. The van der Waals surface area contributed by atoms with Gasteiger partial charge in [0.05, 0.1) is 0 Å². The van der Waals surface area contributed by atoms with Crippen molar-refractivity contribution in [1.29, 1.82) is 0 Å². The minimum absolute atomic E-state index is 0.315. The van der Waals surface area contributed by atoms with Crippen LogP contribution in [0.25, 0.3) is 0 Å². The van der Waals surface area contributed by atoms with E-state index in [0.29, 0.717) is 16.3 Å².